The highest BCUT2D eigenvalue weighted by Crippen LogP contribution is 2.27. The van der Waals surface area contributed by atoms with Crippen molar-refractivity contribution >= 4 is 35.3 Å². The first kappa shape index (κ1) is 27.9. The van der Waals surface area contributed by atoms with Crippen molar-refractivity contribution in [2.24, 2.45) is 5.92 Å². The molecule has 13 nitrogen and oxygen atoms in total. The van der Waals surface area contributed by atoms with Gasteiger partial charge < -0.3 is 41.2 Å². The van der Waals surface area contributed by atoms with E-state index in [0.29, 0.717) is 60.4 Å². The minimum absolute atomic E-state index is 0.0327. The largest absolute Gasteiger partial charge is 0.478 e. The Balaban J connectivity index is 1.21. The molecule has 2 fully saturated rings. The van der Waals surface area contributed by atoms with Crippen molar-refractivity contribution in [2.75, 3.05) is 49.8 Å². The lowest BCUT2D eigenvalue weighted by Crippen LogP contribution is -2.40. The highest BCUT2D eigenvalue weighted by Gasteiger charge is 2.25. The Labute approximate surface area is 226 Å². The van der Waals surface area contributed by atoms with E-state index in [1.165, 1.54) is 24.3 Å². The molecule has 13 heteroatoms. The summed E-state index contributed by atoms with van der Waals surface area (Å²) in [5.74, 6) is 0.969. The predicted octanol–water partition coefficient (Wildman–Crippen LogP) is 2.31. The molecule has 6 N–H and O–H groups in total. The molecular weight excluding hydrogens is 506 g/mol. The van der Waals surface area contributed by atoms with E-state index in [9.17, 15) is 14.4 Å². The minimum Gasteiger partial charge on any atom is -0.478 e. The van der Waals surface area contributed by atoms with E-state index in [2.05, 4.69) is 25.9 Å². The SMILES string of the molecule is CNc1c(N)nc(CCC2CCN(C(=O)Oc3ccc(C(=O)O)cc3)CC2)nc1NCOCC(=O)NC1CC1. The van der Waals surface area contributed by atoms with E-state index in [0.717, 1.165) is 32.1 Å². The Morgan fingerprint density at radius 1 is 1.10 bits per heavy atom. The first-order valence-electron chi connectivity index (χ1n) is 13.1. The zero-order valence-corrected chi connectivity index (χ0v) is 21.9. The second-order valence-corrected chi connectivity index (χ2v) is 9.68. The number of rotatable bonds is 12. The molecule has 2 aliphatic rings. The standard InChI is InChI=1S/C26H35N7O6/c1-28-22-23(27)31-20(32-24(22)29-15-38-14-21(34)30-18-5-6-18)9-2-16-10-12-33(13-11-16)26(37)39-19-7-3-17(4-8-19)25(35)36/h3-4,7-8,16,18,28H,2,5-6,9-15H2,1H3,(H,30,34)(H,35,36)(H3,27,29,31,32). The van der Waals surface area contributed by atoms with Gasteiger partial charge in [-0.2, -0.15) is 0 Å². The summed E-state index contributed by atoms with van der Waals surface area (Å²) in [7, 11) is 1.73. The molecule has 1 aliphatic heterocycles. The summed E-state index contributed by atoms with van der Waals surface area (Å²) in [5, 5.41) is 17.9. The van der Waals surface area contributed by atoms with Crippen LogP contribution in [-0.4, -0.2) is 77.5 Å². The van der Waals surface area contributed by atoms with Gasteiger partial charge in [-0.05, 0) is 62.3 Å². The van der Waals surface area contributed by atoms with Gasteiger partial charge in [0.25, 0.3) is 0 Å². The van der Waals surface area contributed by atoms with Crippen molar-refractivity contribution in [3.05, 3.63) is 35.7 Å². The molecule has 0 spiro atoms. The monoisotopic (exact) mass is 541 g/mol. The van der Waals surface area contributed by atoms with Crippen molar-refractivity contribution in [1.29, 1.82) is 0 Å². The zero-order chi connectivity index (χ0) is 27.8. The number of carbonyl (C=O) groups excluding carboxylic acids is 2. The van der Waals surface area contributed by atoms with Crippen LogP contribution in [0.25, 0.3) is 0 Å². The van der Waals surface area contributed by atoms with Gasteiger partial charge in [-0.3, -0.25) is 4.79 Å². The van der Waals surface area contributed by atoms with Gasteiger partial charge in [-0.25, -0.2) is 19.6 Å². The molecule has 0 radical (unpaired) electrons. The van der Waals surface area contributed by atoms with Crippen LogP contribution in [0.3, 0.4) is 0 Å². The summed E-state index contributed by atoms with van der Waals surface area (Å²) < 4.78 is 10.8. The number of carboxylic acid groups (broad SMARTS) is 1. The second kappa shape index (κ2) is 13.1. The number of hydrogen-bond donors (Lipinski definition) is 5. The number of nitrogens with one attached hydrogen (secondary N) is 3. The van der Waals surface area contributed by atoms with Crippen LogP contribution < -0.4 is 26.4 Å². The number of aromatic nitrogens is 2. The van der Waals surface area contributed by atoms with Gasteiger partial charge in [-0.15, -0.1) is 0 Å². The number of aryl methyl sites for hydroxylation is 1. The van der Waals surface area contributed by atoms with Crippen molar-refractivity contribution < 1.29 is 29.0 Å². The molecule has 2 aromatic rings. The number of anilines is 3. The number of piperidine rings is 1. The third-order valence-corrected chi connectivity index (χ3v) is 6.71. The van der Waals surface area contributed by atoms with Crippen LogP contribution in [0.2, 0.25) is 0 Å². The van der Waals surface area contributed by atoms with Crippen molar-refractivity contribution in [3.8, 4) is 5.75 Å². The lowest BCUT2D eigenvalue weighted by Gasteiger charge is -2.31. The quantitative estimate of drug-likeness (QED) is 0.196. The van der Waals surface area contributed by atoms with Crippen LogP contribution in [0.1, 0.15) is 48.3 Å². The number of aromatic carboxylic acids is 1. The van der Waals surface area contributed by atoms with Gasteiger partial charge in [-0.1, -0.05) is 0 Å². The molecule has 4 rings (SSSR count). The van der Waals surface area contributed by atoms with E-state index < -0.39 is 12.1 Å². The zero-order valence-electron chi connectivity index (χ0n) is 21.9. The molecule has 1 saturated carbocycles. The molecule has 0 unspecified atom stereocenters. The van der Waals surface area contributed by atoms with Crippen LogP contribution in [0, 0.1) is 5.92 Å². The van der Waals surface area contributed by atoms with Gasteiger partial charge in [0.1, 0.15) is 30.6 Å². The summed E-state index contributed by atoms with van der Waals surface area (Å²) in [6.07, 6.45) is 4.71. The first-order valence-corrected chi connectivity index (χ1v) is 13.1. The summed E-state index contributed by atoms with van der Waals surface area (Å²) in [6, 6.07) is 6.04. The van der Waals surface area contributed by atoms with Crippen molar-refractivity contribution in [3.63, 3.8) is 0 Å². The number of benzene rings is 1. The number of amides is 2. The average Bonchev–Trinajstić information content (AvgIpc) is 3.74. The summed E-state index contributed by atoms with van der Waals surface area (Å²) in [5.41, 5.74) is 6.84. The number of carbonyl (C=O) groups is 3. The van der Waals surface area contributed by atoms with Crippen LogP contribution in [-0.2, 0) is 16.0 Å². The molecule has 1 saturated heterocycles. The van der Waals surface area contributed by atoms with E-state index in [-0.39, 0.29) is 24.8 Å². The maximum Gasteiger partial charge on any atom is 0.415 e. The van der Waals surface area contributed by atoms with E-state index >= 15 is 0 Å². The molecule has 0 bridgehead atoms. The molecule has 1 aromatic carbocycles. The predicted molar refractivity (Wildman–Crippen MR) is 144 cm³/mol. The van der Waals surface area contributed by atoms with E-state index in [4.69, 9.17) is 20.3 Å². The van der Waals surface area contributed by atoms with Crippen molar-refractivity contribution in [2.45, 2.75) is 44.6 Å². The third-order valence-electron chi connectivity index (χ3n) is 6.71. The Morgan fingerprint density at radius 2 is 1.82 bits per heavy atom. The molecular formula is C26H35N7O6. The van der Waals surface area contributed by atoms with Crippen LogP contribution in [0.4, 0.5) is 22.1 Å². The lowest BCUT2D eigenvalue weighted by molar-refractivity contribution is -0.125. The second-order valence-electron chi connectivity index (χ2n) is 9.68. The fourth-order valence-electron chi connectivity index (χ4n) is 4.34. The molecule has 1 aromatic heterocycles. The Bertz CT molecular complexity index is 1160. The van der Waals surface area contributed by atoms with Crippen LogP contribution in [0.5, 0.6) is 5.75 Å². The summed E-state index contributed by atoms with van der Waals surface area (Å²) >= 11 is 0. The first-order chi connectivity index (χ1) is 18.8. The van der Waals surface area contributed by atoms with Crippen LogP contribution in [0.15, 0.2) is 24.3 Å². The van der Waals surface area contributed by atoms with Crippen LogP contribution >= 0.6 is 0 Å². The number of ether oxygens (including phenoxy) is 2. The summed E-state index contributed by atoms with van der Waals surface area (Å²) in [6.45, 7) is 1.20. The van der Waals surface area contributed by atoms with E-state index in [1.54, 1.807) is 11.9 Å². The molecule has 2 heterocycles. The van der Waals surface area contributed by atoms with E-state index in [1.807, 2.05) is 0 Å². The molecule has 1 aliphatic carbocycles. The number of nitrogens with two attached hydrogens (primary N) is 1. The Hall–Kier alpha value is -4.13. The van der Waals surface area contributed by atoms with Gasteiger partial charge in [0.15, 0.2) is 11.6 Å². The van der Waals surface area contributed by atoms with Crippen molar-refractivity contribution in [1.82, 2.24) is 20.2 Å². The fourth-order valence-corrected chi connectivity index (χ4v) is 4.34. The Kier molecular flexibility index (Phi) is 9.36. The number of nitrogen functional groups attached to an aromatic ring is 1. The topological polar surface area (TPSA) is 181 Å². The number of hydrogen-bond acceptors (Lipinski definition) is 10. The maximum absolute atomic E-state index is 12.5. The fraction of sp³-hybridized carbons (Fsp3) is 0.500. The van der Waals surface area contributed by atoms with Gasteiger partial charge in [0.2, 0.25) is 5.91 Å². The summed E-state index contributed by atoms with van der Waals surface area (Å²) in [4.78, 5) is 45.9. The van der Waals surface area contributed by atoms with Gasteiger partial charge in [0, 0.05) is 32.6 Å². The minimum atomic E-state index is -1.03. The van der Waals surface area contributed by atoms with Gasteiger partial charge >= 0.3 is 12.1 Å². The highest BCUT2D eigenvalue weighted by molar-refractivity contribution is 5.87. The highest BCUT2D eigenvalue weighted by atomic mass is 16.6. The molecule has 210 valence electrons. The average molecular weight is 542 g/mol. The Morgan fingerprint density at radius 3 is 2.46 bits per heavy atom. The molecule has 2 amide bonds. The number of nitrogens with zero attached hydrogens (tertiary/aromatic N) is 3. The lowest BCUT2D eigenvalue weighted by atomic mass is 9.92. The number of carboxylic acids is 1. The molecule has 0 atom stereocenters. The molecule has 39 heavy (non-hydrogen) atoms. The van der Waals surface area contributed by atoms with Gasteiger partial charge in [0.05, 0.1) is 5.56 Å². The maximum atomic E-state index is 12.5. The number of likely N-dealkylation sites (tertiary alicyclic amines) is 1. The smallest absolute Gasteiger partial charge is 0.415 e. The normalized spacial score (nSPS) is 15.5. The third kappa shape index (κ3) is 8.18.